The van der Waals surface area contributed by atoms with E-state index in [4.69, 9.17) is 9.84 Å². The lowest BCUT2D eigenvalue weighted by Crippen LogP contribution is -2.24. The van der Waals surface area contributed by atoms with Gasteiger partial charge in [-0.1, -0.05) is 0 Å². The van der Waals surface area contributed by atoms with Gasteiger partial charge in [-0.25, -0.2) is 9.78 Å². The fourth-order valence-corrected chi connectivity index (χ4v) is 1.40. The monoisotopic (exact) mass is 273 g/mol. The maximum absolute atomic E-state index is 11.6. The largest absolute Gasteiger partial charge is 0.506 e. The number of pyridine rings is 1. The number of carbonyl (C=O) groups is 1. The molecule has 0 aromatic carbocycles. The molecule has 15 heavy (non-hydrogen) atoms. The van der Waals surface area contributed by atoms with Gasteiger partial charge in [0.15, 0.2) is 5.69 Å². The Hall–Kier alpha value is -1.10. The van der Waals surface area contributed by atoms with E-state index < -0.39 is 11.6 Å². The molecule has 5 heteroatoms. The Kier molecular flexibility index (Phi) is 3.34. The molecule has 0 aliphatic carbocycles. The molecule has 1 N–H and O–H groups in total. The zero-order valence-electron chi connectivity index (χ0n) is 8.74. The van der Waals surface area contributed by atoms with Crippen LogP contribution in [0.25, 0.3) is 0 Å². The van der Waals surface area contributed by atoms with Crippen molar-refractivity contribution in [3.63, 3.8) is 0 Å². The first-order valence-electron chi connectivity index (χ1n) is 4.37. The number of carbonyl (C=O) groups excluding carboxylic acids is 1. The average molecular weight is 274 g/mol. The average Bonchev–Trinajstić information content (AvgIpc) is 1.99. The SMILES string of the molecule is CC(C)(C)OC(=O)c1ncc(O)cc1Br. The summed E-state index contributed by atoms with van der Waals surface area (Å²) in [6.07, 6.45) is 1.20. The Labute approximate surface area is 96.4 Å². The lowest BCUT2D eigenvalue weighted by atomic mass is 10.2. The summed E-state index contributed by atoms with van der Waals surface area (Å²) >= 11 is 3.13. The van der Waals surface area contributed by atoms with E-state index in [0.717, 1.165) is 0 Å². The van der Waals surface area contributed by atoms with E-state index in [1.165, 1.54) is 12.3 Å². The maximum Gasteiger partial charge on any atom is 0.358 e. The topological polar surface area (TPSA) is 59.4 Å². The van der Waals surface area contributed by atoms with Gasteiger partial charge in [-0.05, 0) is 42.8 Å². The molecule has 1 aromatic rings. The number of hydrogen-bond acceptors (Lipinski definition) is 4. The summed E-state index contributed by atoms with van der Waals surface area (Å²) in [5.41, 5.74) is -0.404. The fraction of sp³-hybridized carbons (Fsp3) is 0.400. The van der Waals surface area contributed by atoms with Crippen LogP contribution in [0.1, 0.15) is 31.3 Å². The molecule has 1 rings (SSSR count). The Bertz CT molecular complexity index is 385. The van der Waals surface area contributed by atoms with Crippen molar-refractivity contribution in [3.05, 3.63) is 22.4 Å². The molecular weight excluding hydrogens is 262 g/mol. The lowest BCUT2D eigenvalue weighted by molar-refractivity contribution is 0.00617. The van der Waals surface area contributed by atoms with Crippen molar-refractivity contribution in [2.75, 3.05) is 0 Å². The van der Waals surface area contributed by atoms with Gasteiger partial charge in [-0.2, -0.15) is 0 Å². The zero-order chi connectivity index (χ0) is 11.6. The summed E-state index contributed by atoms with van der Waals surface area (Å²) < 4.78 is 5.55. The van der Waals surface area contributed by atoms with Crippen LogP contribution in [0.2, 0.25) is 0 Å². The van der Waals surface area contributed by atoms with Gasteiger partial charge < -0.3 is 9.84 Å². The Morgan fingerprint density at radius 1 is 1.53 bits per heavy atom. The number of aromatic hydroxyl groups is 1. The number of esters is 1. The summed E-state index contributed by atoms with van der Waals surface area (Å²) in [6, 6.07) is 1.40. The third kappa shape index (κ3) is 3.51. The maximum atomic E-state index is 11.6. The van der Waals surface area contributed by atoms with Gasteiger partial charge in [-0.15, -0.1) is 0 Å². The van der Waals surface area contributed by atoms with Crippen LogP contribution in [0.3, 0.4) is 0 Å². The summed E-state index contributed by atoms with van der Waals surface area (Å²) in [5, 5.41) is 9.11. The Balaban J connectivity index is 2.92. The molecule has 1 heterocycles. The molecule has 0 fully saturated rings. The molecule has 0 spiro atoms. The molecule has 0 radical (unpaired) electrons. The lowest BCUT2D eigenvalue weighted by Gasteiger charge is -2.19. The quantitative estimate of drug-likeness (QED) is 0.799. The normalized spacial score (nSPS) is 11.2. The van der Waals surface area contributed by atoms with Crippen LogP contribution >= 0.6 is 15.9 Å². The second kappa shape index (κ2) is 4.18. The van der Waals surface area contributed by atoms with Crippen molar-refractivity contribution in [1.82, 2.24) is 4.98 Å². The van der Waals surface area contributed by atoms with Crippen LogP contribution in [0.5, 0.6) is 5.75 Å². The Morgan fingerprint density at radius 3 is 2.60 bits per heavy atom. The predicted octanol–water partition coefficient (Wildman–Crippen LogP) is 2.51. The molecule has 0 saturated carbocycles. The van der Waals surface area contributed by atoms with Crippen LogP contribution in [0, 0.1) is 0 Å². The number of halogens is 1. The van der Waals surface area contributed by atoms with E-state index in [9.17, 15) is 4.79 Å². The highest BCUT2D eigenvalue weighted by atomic mass is 79.9. The van der Waals surface area contributed by atoms with E-state index in [0.29, 0.717) is 4.47 Å². The van der Waals surface area contributed by atoms with Crippen molar-refractivity contribution in [2.24, 2.45) is 0 Å². The molecular formula is C10H12BrNO3. The third-order valence-electron chi connectivity index (χ3n) is 1.42. The van der Waals surface area contributed by atoms with E-state index in [-0.39, 0.29) is 11.4 Å². The molecule has 0 aliphatic rings. The molecule has 82 valence electrons. The first-order chi connectivity index (χ1) is 6.79. The summed E-state index contributed by atoms with van der Waals surface area (Å²) in [7, 11) is 0. The highest BCUT2D eigenvalue weighted by Gasteiger charge is 2.21. The first-order valence-corrected chi connectivity index (χ1v) is 5.17. The van der Waals surface area contributed by atoms with Gasteiger partial charge >= 0.3 is 5.97 Å². The van der Waals surface area contributed by atoms with Crippen LogP contribution in [0.15, 0.2) is 16.7 Å². The molecule has 0 saturated heterocycles. The highest BCUT2D eigenvalue weighted by molar-refractivity contribution is 9.10. The van der Waals surface area contributed by atoms with Crippen molar-refractivity contribution < 1.29 is 14.6 Å². The first kappa shape index (κ1) is 12.0. The van der Waals surface area contributed by atoms with Crippen LogP contribution in [-0.2, 0) is 4.74 Å². The summed E-state index contributed by atoms with van der Waals surface area (Å²) in [6.45, 7) is 5.33. The summed E-state index contributed by atoms with van der Waals surface area (Å²) in [5.74, 6) is -0.524. The minimum absolute atomic E-state index is 0.00539. The number of nitrogens with zero attached hydrogens (tertiary/aromatic N) is 1. The fourth-order valence-electron chi connectivity index (χ4n) is 0.904. The number of aromatic nitrogens is 1. The molecule has 0 atom stereocenters. The second-order valence-electron chi connectivity index (χ2n) is 4.03. The number of rotatable bonds is 1. The van der Waals surface area contributed by atoms with Crippen molar-refractivity contribution in [1.29, 1.82) is 0 Å². The predicted molar refractivity (Wildman–Crippen MR) is 58.8 cm³/mol. The zero-order valence-corrected chi connectivity index (χ0v) is 10.3. The third-order valence-corrected chi connectivity index (χ3v) is 2.02. The van der Waals surface area contributed by atoms with E-state index >= 15 is 0 Å². The highest BCUT2D eigenvalue weighted by Crippen LogP contribution is 2.21. The van der Waals surface area contributed by atoms with E-state index in [2.05, 4.69) is 20.9 Å². The molecule has 0 amide bonds. The van der Waals surface area contributed by atoms with Crippen LogP contribution < -0.4 is 0 Å². The second-order valence-corrected chi connectivity index (χ2v) is 4.88. The van der Waals surface area contributed by atoms with Gasteiger partial charge in [-0.3, -0.25) is 0 Å². The number of hydrogen-bond donors (Lipinski definition) is 1. The minimum Gasteiger partial charge on any atom is -0.506 e. The molecule has 0 aliphatic heterocycles. The van der Waals surface area contributed by atoms with E-state index in [1.807, 2.05) is 0 Å². The minimum atomic E-state index is -0.559. The molecule has 1 aromatic heterocycles. The smallest absolute Gasteiger partial charge is 0.358 e. The summed E-state index contributed by atoms with van der Waals surface area (Å²) in [4.78, 5) is 15.4. The molecule has 0 bridgehead atoms. The van der Waals surface area contributed by atoms with Crippen molar-refractivity contribution >= 4 is 21.9 Å². The van der Waals surface area contributed by atoms with Crippen molar-refractivity contribution in [3.8, 4) is 5.75 Å². The molecule has 0 unspecified atom stereocenters. The van der Waals surface area contributed by atoms with Crippen LogP contribution in [-0.4, -0.2) is 21.7 Å². The van der Waals surface area contributed by atoms with Crippen LogP contribution in [0.4, 0.5) is 0 Å². The standard InChI is InChI=1S/C10H12BrNO3/c1-10(2,3)15-9(14)8-7(11)4-6(13)5-12-8/h4-5,13H,1-3H3. The number of ether oxygens (including phenoxy) is 1. The van der Waals surface area contributed by atoms with Gasteiger partial charge in [0.2, 0.25) is 0 Å². The van der Waals surface area contributed by atoms with Gasteiger partial charge in [0.25, 0.3) is 0 Å². The van der Waals surface area contributed by atoms with Gasteiger partial charge in [0, 0.05) is 0 Å². The molecule has 4 nitrogen and oxygen atoms in total. The van der Waals surface area contributed by atoms with Gasteiger partial charge in [0.1, 0.15) is 11.4 Å². The van der Waals surface area contributed by atoms with Crippen molar-refractivity contribution in [2.45, 2.75) is 26.4 Å². The van der Waals surface area contributed by atoms with E-state index in [1.54, 1.807) is 20.8 Å². The Morgan fingerprint density at radius 2 is 2.13 bits per heavy atom. The van der Waals surface area contributed by atoms with Gasteiger partial charge in [0.05, 0.1) is 10.7 Å².